The van der Waals surface area contributed by atoms with Gasteiger partial charge in [0.05, 0.1) is 18.9 Å². The molecular weight excluding hydrogens is 424 g/mol. The standard InChI is InChI=1S/C28H28N4O2.2H2/c1-3-25(33)30-24-17-21(10-9-19(24)2)26-23-8-5-11-29-28(23)31-27(26)22-7-4-6-20(16-22)18-32-12-14-34-15-13-32;;/h3-11,16-17H,1,12-15,18H2,2H3,(H,29,31)(H,30,33);2*1H. The molecule has 1 amide bonds. The van der Waals surface area contributed by atoms with Gasteiger partial charge >= 0.3 is 0 Å². The van der Waals surface area contributed by atoms with Crippen LogP contribution in [0.25, 0.3) is 33.4 Å². The van der Waals surface area contributed by atoms with E-state index in [4.69, 9.17) is 4.74 Å². The van der Waals surface area contributed by atoms with E-state index in [0.717, 1.165) is 77.5 Å². The highest BCUT2D eigenvalue weighted by atomic mass is 16.5. The maximum Gasteiger partial charge on any atom is 0.247 e. The summed E-state index contributed by atoms with van der Waals surface area (Å²) in [4.78, 5) is 22.5. The van der Waals surface area contributed by atoms with Gasteiger partial charge in [-0.3, -0.25) is 9.69 Å². The first kappa shape index (κ1) is 22.1. The minimum Gasteiger partial charge on any atom is -0.379 e. The molecule has 1 aliphatic heterocycles. The highest BCUT2D eigenvalue weighted by Gasteiger charge is 2.18. The van der Waals surface area contributed by atoms with E-state index in [0.29, 0.717) is 0 Å². The molecule has 3 heterocycles. The van der Waals surface area contributed by atoms with Crippen LogP contribution in [0.3, 0.4) is 0 Å². The number of aromatic amines is 1. The van der Waals surface area contributed by atoms with Crippen LogP contribution in [-0.4, -0.2) is 47.1 Å². The molecule has 1 fully saturated rings. The lowest BCUT2D eigenvalue weighted by molar-refractivity contribution is -0.111. The normalized spacial score (nSPS) is 14.3. The molecule has 176 valence electrons. The zero-order chi connectivity index (χ0) is 23.5. The SMILES string of the molecule is C=CC(=O)Nc1cc(-c2c(-c3cccc(CN4CCOCC4)c3)[nH]c3ncccc23)ccc1C.[HH].[HH]. The van der Waals surface area contributed by atoms with Gasteiger partial charge in [-0.1, -0.05) is 36.9 Å². The average molecular weight is 457 g/mol. The van der Waals surface area contributed by atoms with Crippen molar-refractivity contribution < 1.29 is 12.4 Å². The van der Waals surface area contributed by atoms with Gasteiger partial charge < -0.3 is 15.0 Å². The number of hydrogen-bond donors (Lipinski definition) is 2. The smallest absolute Gasteiger partial charge is 0.247 e. The molecule has 34 heavy (non-hydrogen) atoms. The lowest BCUT2D eigenvalue weighted by Gasteiger charge is -2.26. The molecule has 1 aliphatic rings. The molecule has 0 bridgehead atoms. The van der Waals surface area contributed by atoms with Crippen molar-refractivity contribution in [3.05, 3.63) is 84.6 Å². The summed E-state index contributed by atoms with van der Waals surface area (Å²) in [5, 5.41) is 3.97. The lowest BCUT2D eigenvalue weighted by atomic mass is 9.96. The number of H-pyrrole nitrogens is 1. The van der Waals surface area contributed by atoms with Crippen LogP contribution in [-0.2, 0) is 16.1 Å². The van der Waals surface area contributed by atoms with Crippen LogP contribution in [0.1, 0.15) is 14.0 Å². The van der Waals surface area contributed by atoms with Gasteiger partial charge in [-0.15, -0.1) is 0 Å². The summed E-state index contributed by atoms with van der Waals surface area (Å²) < 4.78 is 5.49. The Balaban J connectivity index is 0.00000180. The number of ether oxygens (including phenoxy) is 1. The van der Waals surface area contributed by atoms with Crippen molar-refractivity contribution >= 4 is 22.6 Å². The van der Waals surface area contributed by atoms with Crippen molar-refractivity contribution in [2.75, 3.05) is 31.6 Å². The third-order valence-electron chi connectivity index (χ3n) is 6.27. The fraction of sp³-hybridized carbons (Fsp3) is 0.214. The third-order valence-corrected chi connectivity index (χ3v) is 6.27. The van der Waals surface area contributed by atoms with Crippen LogP contribution in [0.2, 0.25) is 0 Å². The Bertz CT molecular complexity index is 1360. The minimum atomic E-state index is -0.225. The molecule has 0 spiro atoms. The number of amides is 1. The van der Waals surface area contributed by atoms with Crippen LogP contribution in [0.5, 0.6) is 0 Å². The molecule has 4 aromatic rings. The summed E-state index contributed by atoms with van der Waals surface area (Å²) in [5.74, 6) is -0.225. The van der Waals surface area contributed by atoms with E-state index in [1.165, 1.54) is 11.6 Å². The third kappa shape index (κ3) is 4.51. The molecule has 2 aromatic carbocycles. The number of benzene rings is 2. The van der Waals surface area contributed by atoms with E-state index >= 15 is 0 Å². The number of anilines is 1. The Hall–Kier alpha value is -3.74. The Morgan fingerprint density at radius 1 is 1.18 bits per heavy atom. The van der Waals surface area contributed by atoms with Crippen molar-refractivity contribution in [1.82, 2.24) is 14.9 Å². The molecule has 0 aliphatic carbocycles. The molecule has 0 radical (unpaired) electrons. The zero-order valence-corrected chi connectivity index (χ0v) is 19.3. The van der Waals surface area contributed by atoms with E-state index in [-0.39, 0.29) is 8.76 Å². The first-order valence-corrected chi connectivity index (χ1v) is 11.5. The molecule has 6 nitrogen and oxygen atoms in total. The van der Waals surface area contributed by atoms with Crippen molar-refractivity contribution in [1.29, 1.82) is 0 Å². The summed E-state index contributed by atoms with van der Waals surface area (Å²) in [6, 6.07) is 18.8. The van der Waals surface area contributed by atoms with Gasteiger partial charge in [0.25, 0.3) is 0 Å². The van der Waals surface area contributed by atoms with Crippen molar-refractivity contribution in [2.45, 2.75) is 13.5 Å². The molecule has 0 atom stereocenters. The molecule has 0 unspecified atom stereocenters. The van der Waals surface area contributed by atoms with Crippen LogP contribution in [0.4, 0.5) is 5.69 Å². The van der Waals surface area contributed by atoms with Crippen LogP contribution in [0, 0.1) is 6.92 Å². The summed E-state index contributed by atoms with van der Waals surface area (Å²) in [6.45, 7) is 9.93. The van der Waals surface area contributed by atoms with Crippen LogP contribution in [0.15, 0.2) is 73.4 Å². The second-order valence-electron chi connectivity index (χ2n) is 8.59. The number of fused-ring (bicyclic) bond motifs is 1. The van der Waals surface area contributed by atoms with Gasteiger partial charge in [-0.2, -0.15) is 0 Å². The highest BCUT2D eigenvalue weighted by molar-refractivity contribution is 6.04. The molecule has 2 N–H and O–H groups in total. The van der Waals surface area contributed by atoms with Crippen molar-refractivity contribution in [3.63, 3.8) is 0 Å². The number of morpholine rings is 1. The number of aromatic nitrogens is 2. The summed E-state index contributed by atoms with van der Waals surface area (Å²) >= 11 is 0. The number of nitrogens with one attached hydrogen (secondary N) is 2. The monoisotopic (exact) mass is 456 g/mol. The highest BCUT2D eigenvalue weighted by Crippen LogP contribution is 2.39. The first-order valence-electron chi connectivity index (χ1n) is 11.5. The topological polar surface area (TPSA) is 70.2 Å². The second kappa shape index (κ2) is 9.63. The number of hydrogen-bond acceptors (Lipinski definition) is 4. The summed E-state index contributed by atoms with van der Waals surface area (Å²) in [7, 11) is 0. The summed E-state index contributed by atoms with van der Waals surface area (Å²) in [6.07, 6.45) is 3.08. The van der Waals surface area contributed by atoms with Gasteiger partial charge in [-0.25, -0.2) is 4.98 Å². The van der Waals surface area contributed by atoms with Gasteiger partial charge in [0.2, 0.25) is 5.91 Å². The van der Waals surface area contributed by atoms with Crippen LogP contribution >= 0.6 is 0 Å². The predicted octanol–water partition coefficient (Wildman–Crippen LogP) is 5.65. The van der Waals surface area contributed by atoms with Crippen molar-refractivity contribution in [2.24, 2.45) is 0 Å². The number of pyridine rings is 1. The van der Waals surface area contributed by atoms with Gasteiger partial charge in [-0.05, 0) is 59.5 Å². The fourth-order valence-electron chi connectivity index (χ4n) is 4.48. The van der Waals surface area contributed by atoms with Gasteiger partial charge in [0.1, 0.15) is 5.65 Å². The Morgan fingerprint density at radius 3 is 2.85 bits per heavy atom. The molecule has 0 saturated carbocycles. The second-order valence-corrected chi connectivity index (χ2v) is 8.59. The lowest BCUT2D eigenvalue weighted by Crippen LogP contribution is -2.35. The van der Waals surface area contributed by atoms with Gasteiger partial charge in [0, 0.05) is 45.3 Å². The average Bonchev–Trinajstić information content (AvgIpc) is 3.26. The molecule has 6 heteroatoms. The maximum atomic E-state index is 12.0. The number of carbonyl (C=O) groups excluding carboxylic acids is 1. The largest absolute Gasteiger partial charge is 0.379 e. The molecule has 1 saturated heterocycles. The predicted molar refractivity (Wildman–Crippen MR) is 141 cm³/mol. The van der Waals surface area contributed by atoms with E-state index in [9.17, 15) is 4.79 Å². The minimum absolute atomic E-state index is 0. The Morgan fingerprint density at radius 2 is 2.03 bits per heavy atom. The number of nitrogens with zero attached hydrogens (tertiary/aromatic N) is 2. The quantitative estimate of drug-likeness (QED) is 0.368. The Labute approximate surface area is 202 Å². The van der Waals surface area contributed by atoms with Crippen molar-refractivity contribution in [3.8, 4) is 22.4 Å². The van der Waals surface area contributed by atoms with E-state index in [1.54, 1.807) is 6.20 Å². The molecule has 5 rings (SSSR count). The van der Waals surface area contributed by atoms with E-state index in [1.807, 2.05) is 25.1 Å². The molecule has 2 aromatic heterocycles. The van der Waals surface area contributed by atoms with E-state index in [2.05, 4.69) is 63.2 Å². The zero-order valence-electron chi connectivity index (χ0n) is 19.3. The van der Waals surface area contributed by atoms with Crippen LogP contribution < -0.4 is 5.32 Å². The summed E-state index contributed by atoms with van der Waals surface area (Å²) in [5.41, 5.74) is 8.07. The van der Waals surface area contributed by atoms with Gasteiger partial charge in [0.15, 0.2) is 0 Å². The molecular formula is C28H32N4O2. The first-order chi connectivity index (χ1) is 16.6. The number of carbonyl (C=O) groups is 1. The van der Waals surface area contributed by atoms with E-state index < -0.39 is 0 Å². The number of rotatable bonds is 6. The number of aryl methyl sites for hydroxylation is 1. The maximum absolute atomic E-state index is 12.0. The fourth-order valence-corrected chi connectivity index (χ4v) is 4.48. The Kier molecular flexibility index (Phi) is 6.25.